The molecule has 1 saturated heterocycles. The Hall–Kier alpha value is -2.54. The predicted molar refractivity (Wildman–Crippen MR) is 134 cm³/mol. The maximum absolute atomic E-state index is 5.83. The van der Waals surface area contributed by atoms with Gasteiger partial charge in [-0.2, -0.15) is 5.10 Å². The molecule has 0 amide bonds. The largest absolute Gasteiger partial charge is 0.376 e. The molecule has 1 aliphatic heterocycles. The van der Waals surface area contributed by atoms with E-state index in [4.69, 9.17) is 24.8 Å². The fourth-order valence-corrected chi connectivity index (χ4v) is 4.61. The van der Waals surface area contributed by atoms with Crippen LogP contribution in [0.5, 0.6) is 0 Å². The van der Waals surface area contributed by atoms with Crippen LogP contribution < -0.4 is 5.32 Å². The lowest BCUT2D eigenvalue weighted by Crippen LogP contribution is -2.20. The topological polar surface area (TPSA) is 77.8 Å². The highest BCUT2D eigenvalue weighted by atomic mass is 16.5. The van der Waals surface area contributed by atoms with Gasteiger partial charge in [-0.25, -0.2) is 19.6 Å². The van der Waals surface area contributed by atoms with Gasteiger partial charge in [-0.15, -0.1) is 0 Å². The summed E-state index contributed by atoms with van der Waals surface area (Å²) in [6.45, 7) is 14.5. The third-order valence-electron chi connectivity index (χ3n) is 6.67. The number of nitrogens with zero attached hydrogens (tertiary/aromatic N) is 5. The van der Waals surface area contributed by atoms with Gasteiger partial charge < -0.3 is 10.1 Å². The first-order chi connectivity index (χ1) is 16.0. The van der Waals surface area contributed by atoms with Crippen LogP contribution in [0.3, 0.4) is 0 Å². The number of hydrogen-bond acceptors (Lipinski definition) is 6. The smallest absolute Gasteiger partial charge is 0.177 e. The van der Waals surface area contributed by atoms with Gasteiger partial charge in [0.25, 0.3) is 0 Å². The molecule has 1 N–H and O–H groups in total. The number of pyridine rings is 1. The highest BCUT2D eigenvalue weighted by Gasteiger charge is 2.22. The average molecular weight is 451 g/mol. The van der Waals surface area contributed by atoms with Crippen LogP contribution in [0.25, 0.3) is 22.4 Å². The van der Waals surface area contributed by atoms with Gasteiger partial charge in [0.2, 0.25) is 0 Å². The Morgan fingerprint density at radius 3 is 2.55 bits per heavy atom. The third-order valence-corrected chi connectivity index (χ3v) is 6.67. The number of fused-ring (bicyclic) bond motifs is 1. The summed E-state index contributed by atoms with van der Waals surface area (Å²) in [4.78, 5) is 15.2. The molecule has 4 rings (SSSR count). The van der Waals surface area contributed by atoms with E-state index in [2.05, 4.69) is 56.8 Å². The maximum atomic E-state index is 5.83. The monoisotopic (exact) mass is 450 g/mol. The molecule has 1 unspecified atom stereocenters. The van der Waals surface area contributed by atoms with E-state index < -0.39 is 0 Å². The maximum Gasteiger partial charge on any atom is 0.177 e. The van der Waals surface area contributed by atoms with E-state index in [9.17, 15) is 0 Å². The second-order valence-electron chi connectivity index (χ2n) is 9.35. The van der Waals surface area contributed by atoms with Gasteiger partial charge in [0.1, 0.15) is 11.3 Å². The Labute approximate surface area is 197 Å². The summed E-state index contributed by atoms with van der Waals surface area (Å²) in [7, 11) is 0. The summed E-state index contributed by atoms with van der Waals surface area (Å²) in [6, 6.07) is 4.60. The molecule has 0 bridgehead atoms. The molecule has 33 heavy (non-hydrogen) atoms. The lowest BCUT2D eigenvalue weighted by molar-refractivity contribution is 0.120. The van der Waals surface area contributed by atoms with Crippen molar-refractivity contribution in [3.8, 4) is 11.3 Å². The molecule has 7 heteroatoms. The van der Waals surface area contributed by atoms with Crippen molar-refractivity contribution >= 4 is 17.0 Å². The van der Waals surface area contributed by atoms with Crippen molar-refractivity contribution in [1.82, 2.24) is 24.7 Å². The van der Waals surface area contributed by atoms with E-state index in [0.29, 0.717) is 12.0 Å². The first-order valence-electron chi connectivity index (χ1n) is 12.6. The van der Waals surface area contributed by atoms with Crippen LogP contribution in [0.15, 0.2) is 12.1 Å². The first kappa shape index (κ1) is 23.6. The van der Waals surface area contributed by atoms with Gasteiger partial charge in [0.15, 0.2) is 5.65 Å². The number of hydrogen-bond donors (Lipinski definition) is 1. The molecule has 1 fully saturated rings. The molecular weight excluding hydrogens is 412 g/mol. The van der Waals surface area contributed by atoms with Crippen LogP contribution in [-0.4, -0.2) is 44.0 Å². The molecule has 0 spiro atoms. The lowest BCUT2D eigenvalue weighted by atomic mass is 10.0. The number of aryl methyl sites for hydroxylation is 2. The minimum absolute atomic E-state index is 0.238. The van der Waals surface area contributed by atoms with Gasteiger partial charge in [-0.05, 0) is 57.1 Å². The quantitative estimate of drug-likeness (QED) is 0.442. The second kappa shape index (κ2) is 10.2. The van der Waals surface area contributed by atoms with Crippen molar-refractivity contribution in [2.75, 3.05) is 18.5 Å². The highest BCUT2D eigenvalue weighted by Crippen LogP contribution is 2.33. The number of nitrogens with one attached hydrogen (secondary N) is 1. The minimum Gasteiger partial charge on any atom is -0.376 e. The summed E-state index contributed by atoms with van der Waals surface area (Å²) in [6.07, 6.45) is 5.29. The summed E-state index contributed by atoms with van der Waals surface area (Å²) in [5.41, 5.74) is 6.64. The third kappa shape index (κ3) is 4.74. The van der Waals surface area contributed by atoms with E-state index in [1.54, 1.807) is 0 Å². The van der Waals surface area contributed by atoms with E-state index in [1.165, 1.54) is 0 Å². The summed E-state index contributed by atoms with van der Waals surface area (Å²) in [5, 5.41) is 8.41. The van der Waals surface area contributed by atoms with Crippen LogP contribution >= 0.6 is 0 Å². The van der Waals surface area contributed by atoms with Crippen LogP contribution in [0, 0.1) is 6.92 Å². The number of ether oxygens (including phenoxy) is 1. The van der Waals surface area contributed by atoms with Crippen LogP contribution in [0.4, 0.5) is 5.82 Å². The van der Waals surface area contributed by atoms with E-state index in [1.807, 2.05) is 6.92 Å². The van der Waals surface area contributed by atoms with E-state index in [-0.39, 0.29) is 6.10 Å². The standard InChI is InChI=1S/C26H38N6O/c1-7-18(8-2)32-26-23(17(6)31-32)30-24(21(9-3)29-26)20-12-13-22(16(4)5)28-25(20)27-15-19-11-10-14-33-19/h12-13,16,18-19H,7-11,14-15H2,1-6H3,(H,27,28). The highest BCUT2D eigenvalue weighted by molar-refractivity contribution is 5.81. The molecule has 178 valence electrons. The Bertz CT molecular complexity index is 1100. The van der Waals surface area contributed by atoms with Gasteiger partial charge >= 0.3 is 0 Å². The van der Waals surface area contributed by atoms with Crippen molar-refractivity contribution in [2.24, 2.45) is 0 Å². The van der Waals surface area contributed by atoms with Gasteiger partial charge in [0.05, 0.1) is 29.2 Å². The molecule has 4 heterocycles. The number of anilines is 1. The van der Waals surface area contributed by atoms with Crippen molar-refractivity contribution in [1.29, 1.82) is 0 Å². The minimum atomic E-state index is 0.238. The zero-order valence-corrected chi connectivity index (χ0v) is 21.0. The fourth-order valence-electron chi connectivity index (χ4n) is 4.61. The van der Waals surface area contributed by atoms with Crippen LogP contribution in [0.2, 0.25) is 0 Å². The lowest BCUT2D eigenvalue weighted by Gasteiger charge is -2.18. The normalized spacial score (nSPS) is 16.4. The van der Waals surface area contributed by atoms with Crippen LogP contribution in [-0.2, 0) is 11.2 Å². The average Bonchev–Trinajstić information content (AvgIpc) is 3.45. The Morgan fingerprint density at radius 2 is 1.91 bits per heavy atom. The molecule has 1 aliphatic rings. The first-order valence-corrected chi connectivity index (χ1v) is 12.6. The molecule has 0 aliphatic carbocycles. The zero-order valence-electron chi connectivity index (χ0n) is 21.0. The summed E-state index contributed by atoms with van der Waals surface area (Å²) >= 11 is 0. The van der Waals surface area contributed by atoms with Gasteiger partial charge in [0, 0.05) is 24.4 Å². The Balaban J connectivity index is 1.82. The SMILES string of the molecule is CCc1nc2c(nc1-c1ccc(C(C)C)nc1NCC1CCCO1)c(C)nn2C(CC)CC. The van der Waals surface area contributed by atoms with Crippen molar-refractivity contribution in [2.45, 2.75) is 91.7 Å². The number of rotatable bonds is 9. The van der Waals surface area contributed by atoms with E-state index >= 15 is 0 Å². The second-order valence-corrected chi connectivity index (χ2v) is 9.35. The van der Waals surface area contributed by atoms with Crippen LogP contribution in [0.1, 0.15) is 89.3 Å². The van der Waals surface area contributed by atoms with Crippen molar-refractivity contribution in [3.63, 3.8) is 0 Å². The zero-order chi connectivity index (χ0) is 23.5. The molecule has 0 saturated carbocycles. The number of aromatic nitrogens is 5. The molecule has 3 aromatic heterocycles. The van der Waals surface area contributed by atoms with Gasteiger partial charge in [-0.1, -0.05) is 34.6 Å². The molecule has 7 nitrogen and oxygen atoms in total. The van der Waals surface area contributed by atoms with Crippen molar-refractivity contribution in [3.05, 3.63) is 29.2 Å². The predicted octanol–water partition coefficient (Wildman–Crippen LogP) is 5.83. The van der Waals surface area contributed by atoms with Gasteiger partial charge in [-0.3, -0.25) is 0 Å². The molecule has 0 radical (unpaired) electrons. The van der Waals surface area contributed by atoms with Crippen molar-refractivity contribution < 1.29 is 4.74 Å². The molecule has 0 aromatic carbocycles. The fraction of sp³-hybridized carbons (Fsp3) is 0.615. The Kier molecular flexibility index (Phi) is 7.27. The van der Waals surface area contributed by atoms with E-state index in [0.717, 1.165) is 90.6 Å². The Morgan fingerprint density at radius 1 is 1.12 bits per heavy atom. The molecule has 3 aromatic rings. The summed E-state index contributed by atoms with van der Waals surface area (Å²) in [5.74, 6) is 1.21. The summed E-state index contributed by atoms with van der Waals surface area (Å²) < 4.78 is 7.91. The molecular formula is C26H38N6O. The molecule has 1 atom stereocenters.